The highest BCUT2D eigenvalue weighted by Crippen LogP contribution is 2.42. The van der Waals surface area contributed by atoms with Crippen molar-refractivity contribution in [2.24, 2.45) is 0 Å². The highest BCUT2D eigenvalue weighted by atomic mass is 35.5. The number of thioether (sulfide) groups is 1. The molecular weight excluding hydrogens is 430 g/mol. The predicted octanol–water partition coefficient (Wildman–Crippen LogP) is 6.37. The van der Waals surface area contributed by atoms with Crippen LogP contribution in [0.5, 0.6) is 11.5 Å². The average molecular weight is 448 g/mol. The van der Waals surface area contributed by atoms with Crippen molar-refractivity contribution < 1.29 is 9.53 Å². The Balaban J connectivity index is 1.32. The van der Waals surface area contributed by atoms with Crippen molar-refractivity contribution in [3.05, 3.63) is 107 Å². The number of ether oxygens (including phenoxy) is 1. The molecule has 1 aliphatic rings. The van der Waals surface area contributed by atoms with Gasteiger partial charge < -0.3 is 14.6 Å². The molecule has 0 radical (unpaired) electrons. The van der Waals surface area contributed by atoms with Gasteiger partial charge in [0.05, 0.1) is 5.56 Å². The number of nitrogens with one attached hydrogen (secondary N) is 1. The molecule has 1 amide bonds. The van der Waals surface area contributed by atoms with E-state index in [1.54, 1.807) is 48.3 Å². The molecule has 1 aliphatic heterocycles. The maximum atomic E-state index is 13.0. The van der Waals surface area contributed by atoms with Gasteiger partial charge in [0.25, 0.3) is 5.91 Å². The number of hydrogen-bond donors (Lipinski definition) is 1. The number of pyridine rings is 1. The van der Waals surface area contributed by atoms with Gasteiger partial charge in [0.1, 0.15) is 16.9 Å². The number of aromatic nitrogens is 2. The lowest BCUT2D eigenvalue weighted by atomic mass is 10.2. The third kappa shape index (κ3) is 4.17. The smallest absolute Gasteiger partial charge is 0.257 e. The number of hydrogen-bond acceptors (Lipinski definition) is 4. The first-order valence-corrected chi connectivity index (χ1v) is 11.2. The summed E-state index contributed by atoms with van der Waals surface area (Å²) in [7, 11) is 0. The number of benzene rings is 2. The van der Waals surface area contributed by atoms with Crippen LogP contribution in [0.15, 0.2) is 85.3 Å². The first-order chi connectivity index (χ1) is 15.2. The molecule has 5 rings (SSSR count). The molecule has 4 aromatic rings. The summed E-state index contributed by atoms with van der Waals surface area (Å²) in [6.07, 6.45) is 5.62. The van der Waals surface area contributed by atoms with Gasteiger partial charge in [0.2, 0.25) is 0 Å². The Morgan fingerprint density at radius 1 is 1.10 bits per heavy atom. The summed E-state index contributed by atoms with van der Waals surface area (Å²) in [4.78, 5) is 17.2. The largest absolute Gasteiger partial charge is 0.457 e. The summed E-state index contributed by atoms with van der Waals surface area (Å²) in [5.41, 5.74) is 3.50. The second-order valence-corrected chi connectivity index (χ2v) is 8.58. The Hall–Kier alpha value is -3.22. The van der Waals surface area contributed by atoms with Crippen LogP contribution in [0.25, 0.3) is 0 Å². The number of carbonyl (C=O) groups is 1. The topological polar surface area (TPSA) is 56.1 Å². The summed E-state index contributed by atoms with van der Waals surface area (Å²) in [5, 5.41) is 3.78. The van der Waals surface area contributed by atoms with Crippen molar-refractivity contribution in [2.75, 3.05) is 5.32 Å². The summed E-state index contributed by atoms with van der Waals surface area (Å²) >= 11 is 7.71. The van der Waals surface area contributed by atoms with E-state index < -0.39 is 0 Å². The average Bonchev–Trinajstić information content (AvgIpc) is 3.38. The molecule has 154 valence electrons. The normalized spacial score (nSPS) is 14.8. The fraction of sp³-hybridized carbons (Fsp3) is 0.0833. The number of amides is 1. The molecule has 0 bridgehead atoms. The van der Waals surface area contributed by atoms with Crippen LogP contribution in [0.4, 0.5) is 5.69 Å². The third-order valence-electron chi connectivity index (χ3n) is 5.01. The molecule has 1 unspecified atom stereocenters. The van der Waals surface area contributed by atoms with Crippen molar-refractivity contribution in [3.63, 3.8) is 0 Å². The van der Waals surface area contributed by atoms with Gasteiger partial charge in [-0.2, -0.15) is 0 Å². The number of carbonyl (C=O) groups excluding carboxylic acids is 1. The molecule has 2 aromatic carbocycles. The monoisotopic (exact) mass is 447 g/mol. The van der Waals surface area contributed by atoms with E-state index in [1.165, 1.54) is 0 Å². The minimum atomic E-state index is -0.134. The van der Waals surface area contributed by atoms with Gasteiger partial charge >= 0.3 is 0 Å². The van der Waals surface area contributed by atoms with Crippen LogP contribution in [0, 0.1) is 0 Å². The zero-order valence-electron chi connectivity index (χ0n) is 16.4. The first kappa shape index (κ1) is 19.7. The highest BCUT2D eigenvalue weighted by molar-refractivity contribution is 7.99. The van der Waals surface area contributed by atoms with Crippen LogP contribution in [0.1, 0.15) is 27.0 Å². The van der Waals surface area contributed by atoms with Crippen LogP contribution < -0.4 is 10.1 Å². The quantitative estimate of drug-likeness (QED) is 0.386. The molecule has 2 aromatic heterocycles. The van der Waals surface area contributed by atoms with E-state index in [9.17, 15) is 4.79 Å². The minimum Gasteiger partial charge on any atom is -0.457 e. The lowest BCUT2D eigenvalue weighted by Gasteiger charge is -2.12. The Labute approximate surface area is 189 Å². The third-order valence-corrected chi connectivity index (χ3v) is 6.52. The Morgan fingerprint density at radius 3 is 2.77 bits per heavy atom. The lowest BCUT2D eigenvalue weighted by Crippen LogP contribution is -2.13. The van der Waals surface area contributed by atoms with E-state index in [2.05, 4.69) is 20.9 Å². The summed E-state index contributed by atoms with van der Waals surface area (Å²) in [6, 6.07) is 20.3. The molecular formula is C24H18ClN3O2S. The van der Waals surface area contributed by atoms with E-state index in [1.807, 2.05) is 42.7 Å². The highest BCUT2D eigenvalue weighted by Gasteiger charge is 2.28. The molecule has 1 N–H and O–H groups in total. The van der Waals surface area contributed by atoms with E-state index in [4.69, 9.17) is 16.3 Å². The summed E-state index contributed by atoms with van der Waals surface area (Å²) in [5.74, 6) is 1.95. The number of fused-ring (bicyclic) bond motifs is 1. The van der Waals surface area contributed by atoms with Crippen LogP contribution >= 0.6 is 23.4 Å². The van der Waals surface area contributed by atoms with Gasteiger partial charge in [-0.1, -0.05) is 23.7 Å². The molecule has 0 saturated heterocycles. The van der Waals surface area contributed by atoms with Crippen molar-refractivity contribution in [1.29, 1.82) is 0 Å². The Morgan fingerprint density at radius 2 is 1.97 bits per heavy atom. The van der Waals surface area contributed by atoms with E-state index in [0.29, 0.717) is 27.8 Å². The van der Waals surface area contributed by atoms with Gasteiger partial charge in [-0.25, -0.2) is 0 Å². The molecule has 0 saturated carbocycles. The minimum absolute atomic E-state index is 0.134. The second kappa shape index (κ2) is 8.49. The van der Waals surface area contributed by atoms with Crippen molar-refractivity contribution in [1.82, 2.24) is 9.55 Å². The molecule has 0 fully saturated rings. The Bertz CT molecular complexity index is 1230. The number of rotatable bonds is 5. The summed E-state index contributed by atoms with van der Waals surface area (Å²) < 4.78 is 8.01. The summed E-state index contributed by atoms with van der Waals surface area (Å²) in [6.45, 7) is 0. The van der Waals surface area contributed by atoms with Crippen molar-refractivity contribution >= 4 is 35.0 Å². The van der Waals surface area contributed by atoms with Crippen LogP contribution in [-0.4, -0.2) is 15.5 Å². The van der Waals surface area contributed by atoms with Gasteiger partial charge in [0, 0.05) is 52.4 Å². The number of halogens is 1. The van der Waals surface area contributed by atoms with Gasteiger partial charge in [0.15, 0.2) is 0 Å². The first-order valence-electron chi connectivity index (χ1n) is 9.73. The zero-order chi connectivity index (χ0) is 21.2. The molecule has 5 nitrogen and oxygen atoms in total. The van der Waals surface area contributed by atoms with E-state index >= 15 is 0 Å². The van der Waals surface area contributed by atoms with Crippen LogP contribution in [0.2, 0.25) is 5.02 Å². The van der Waals surface area contributed by atoms with Gasteiger partial charge in [-0.05, 0) is 48.5 Å². The Kier molecular flexibility index (Phi) is 5.40. The zero-order valence-corrected chi connectivity index (χ0v) is 17.9. The maximum Gasteiger partial charge on any atom is 0.257 e. The molecule has 7 heteroatoms. The molecule has 0 aliphatic carbocycles. The molecule has 31 heavy (non-hydrogen) atoms. The molecule has 0 spiro atoms. The standard InChI is InChI=1S/C24H18ClN3O2S/c25-17-6-8-19(9-7-17)30-20-5-1-4-18(13-20)27-23(29)21-10-12-28-22(21)15-31-24(28)16-3-2-11-26-14-16/h1-14,24H,15H2,(H,27,29). The second-order valence-electron chi connectivity index (χ2n) is 7.07. The van der Waals surface area contributed by atoms with Crippen LogP contribution in [0.3, 0.4) is 0 Å². The predicted molar refractivity (Wildman–Crippen MR) is 124 cm³/mol. The van der Waals surface area contributed by atoms with Crippen molar-refractivity contribution in [2.45, 2.75) is 11.1 Å². The molecule has 1 atom stereocenters. The maximum absolute atomic E-state index is 13.0. The van der Waals surface area contributed by atoms with Crippen LogP contribution in [-0.2, 0) is 5.75 Å². The van der Waals surface area contributed by atoms with E-state index in [-0.39, 0.29) is 11.3 Å². The molecule has 3 heterocycles. The fourth-order valence-electron chi connectivity index (χ4n) is 3.55. The van der Waals surface area contributed by atoms with Crippen molar-refractivity contribution in [3.8, 4) is 11.5 Å². The lowest BCUT2D eigenvalue weighted by molar-refractivity contribution is 0.102. The van der Waals surface area contributed by atoms with Gasteiger partial charge in [-0.3, -0.25) is 9.78 Å². The fourth-order valence-corrected chi connectivity index (χ4v) is 4.99. The van der Waals surface area contributed by atoms with E-state index in [0.717, 1.165) is 17.0 Å². The number of nitrogens with zero attached hydrogens (tertiary/aromatic N) is 2. The van der Waals surface area contributed by atoms with Gasteiger partial charge in [-0.15, -0.1) is 11.8 Å². The SMILES string of the molecule is O=C(Nc1cccc(Oc2ccc(Cl)cc2)c1)c1ccn2c1CSC2c1cccnc1. The number of anilines is 1.